The smallest absolute Gasteiger partial charge is 0.185 e. The first kappa shape index (κ1) is 12.4. The summed E-state index contributed by atoms with van der Waals surface area (Å²) in [6.07, 6.45) is 5.15. The van der Waals surface area contributed by atoms with Crippen LogP contribution in [0.4, 0.5) is 5.13 Å². The third kappa shape index (κ3) is 2.86. The molecule has 3 rings (SSSR count). The van der Waals surface area contributed by atoms with Gasteiger partial charge in [-0.25, -0.2) is 4.98 Å². The van der Waals surface area contributed by atoms with Crippen LogP contribution in [0.25, 0.3) is 0 Å². The number of anilines is 1. The predicted molar refractivity (Wildman–Crippen MR) is 75.1 cm³/mol. The van der Waals surface area contributed by atoms with Crippen molar-refractivity contribution < 1.29 is 5.11 Å². The van der Waals surface area contributed by atoms with Gasteiger partial charge in [0.15, 0.2) is 5.13 Å². The van der Waals surface area contributed by atoms with Crippen LogP contribution >= 0.6 is 11.3 Å². The van der Waals surface area contributed by atoms with E-state index in [9.17, 15) is 5.11 Å². The van der Waals surface area contributed by atoms with Crippen molar-refractivity contribution in [3.8, 4) is 0 Å². The van der Waals surface area contributed by atoms with Gasteiger partial charge in [0, 0.05) is 13.1 Å². The van der Waals surface area contributed by atoms with Gasteiger partial charge in [0.05, 0.1) is 16.7 Å². The van der Waals surface area contributed by atoms with Crippen LogP contribution in [-0.2, 0) is 0 Å². The minimum absolute atomic E-state index is 0.389. The van der Waals surface area contributed by atoms with Crippen LogP contribution in [0.15, 0.2) is 0 Å². The van der Waals surface area contributed by atoms with Crippen molar-refractivity contribution >= 4 is 16.5 Å². The average Bonchev–Trinajstić information content (AvgIpc) is 3.21. The summed E-state index contributed by atoms with van der Waals surface area (Å²) in [5.41, 5.74) is 1.00. The fourth-order valence-electron chi connectivity index (χ4n) is 2.37. The Morgan fingerprint density at radius 1 is 1.28 bits per heavy atom. The number of aryl methyl sites for hydroxylation is 1. The Hall–Kier alpha value is -0.610. The Kier molecular flexibility index (Phi) is 3.32. The first-order valence-electron chi connectivity index (χ1n) is 7.04. The topological polar surface area (TPSA) is 36.4 Å². The number of aliphatic hydroxyl groups is 1. The lowest BCUT2D eigenvalue weighted by atomic mass is 10.3. The summed E-state index contributed by atoms with van der Waals surface area (Å²) in [7, 11) is 0. The minimum atomic E-state index is -0.389. The van der Waals surface area contributed by atoms with Crippen LogP contribution in [0.1, 0.15) is 49.3 Å². The molecule has 1 heterocycles. The normalized spacial score (nSPS) is 21.1. The molecule has 1 unspecified atom stereocenters. The Balaban J connectivity index is 1.76. The van der Waals surface area contributed by atoms with Gasteiger partial charge >= 0.3 is 0 Å². The van der Waals surface area contributed by atoms with Gasteiger partial charge in [-0.3, -0.25) is 0 Å². The second-order valence-corrected chi connectivity index (χ2v) is 6.92. The van der Waals surface area contributed by atoms with Gasteiger partial charge in [0.2, 0.25) is 0 Å². The average molecular weight is 266 g/mol. The molecule has 18 heavy (non-hydrogen) atoms. The molecule has 2 fully saturated rings. The van der Waals surface area contributed by atoms with Gasteiger partial charge in [-0.05, 0) is 51.4 Å². The number of thiazole rings is 1. The number of hydrogen-bond donors (Lipinski definition) is 1. The molecule has 4 heteroatoms. The van der Waals surface area contributed by atoms with Crippen molar-refractivity contribution in [2.45, 2.75) is 45.6 Å². The van der Waals surface area contributed by atoms with E-state index >= 15 is 0 Å². The highest BCUT2D eigenvalue weighted by Gasteiger charge is 2.31. The fourth-order valence-corrected chi connectivity index (χ4v) is 3.39. The molecular formula is C14H22N2OS. The fraction of sp³-hybridized carbons (Fsp3) is 0.786. The highest BCUT2D eigenvalue weighted by molar-refractivity contribution is 7.15. The molecule has 1 N–H and O–H groups in total. The number of nitrogens with zero attached hydrogens (tertiary/aromatic N) is 2. The number of aliphatic hydroxyl groups excluding tert-OH is 1. The van der Waals surface area contributed by atoms with Crippen LogP contribution in [0.5, 0.6) is 0 Å². The molecule has 3 nitrogen and oxygen atoms in total. The van der Waals surface area contributed by atoms with Gasteiger partial charge in [0.25, 0.3) is 0 Å². The predicted octanol–water partition coefficient (Wildman–Crippen LogP) is 3.13. The SMILES string of the molecule is Cc1nc(N(CC2CC2)CC2CC2)sc1C(C)O. The number of aromatic nitrogens is 1. The molecule has 2 aliphatic rings. The lowest BCUT2D eigenvalue weighted by Crippen LogP contribution is -2.27. The zero-order valence-corrected chi connectivity index (χ0v) is 12.0. The largest absolute Gasteiger partial charge is 0.388 e. The van der Waals surface area contributed by atoms with E-state index in [2.05, 4.69) is 9.88 Å². The van der Waals surface area contributed by atoms with Crippen molar-refractivity contribution in [2.24, 2.45) is 11.8 Å². The van der Waals surface area contributed by atoms with Crippen LogP contribution in [0, 0.1) is 18.8 Å². The third-order valence-corrected chi connectivity index (χ3v) is 5.21. The molecule has 0 aromatic carbocycles. The van der Waals surface area contributed by atoms with E-state index in [1.807, 2.05) is 13.8 Å². The molecular weight excluding hydrogens is 244 g/mol. The van der Waals surface area contributed by atoms with E-state index in [1.54, 1.807) is 11.3 Å². The molecule has 1 aromatic rings. The summed E-state index contributed by atoms with van der Waals surface area (Å²) in [6, 6.07) is 0. The van der Waals surface area contributed by atoms with Crippen LogP contribution in [-0.4, -0.2) is 23.2 Å². The Labute approximate surface area is 113 Å². The van der Waals surface area contributed by atoms with Gasteiger partial charge < -0.3 is 10.0 Å². The molecule has 0 radical (unpaired) electrons. The zero-order chi connectivity index (χ0) is 12.7. The first-order chi connectivity index (χ1) is 8.63. The second kappa shape index (κ2) is 4.82. The standard InChI is InChI=1S/C14H22N2OS/c1-9-13(10(2)17)18-14(15-9)16(7-11-3-4-11)8-12-5-6-12/h10-12,17H,3-8H2,1-2H3. The third-order valence-electron chi connectivity index (χ3n) is 3.82. The summed E-state index contributed by atoms with van der Waals surface area (Å²) in [5.74, 6) is 1.78. The molecule has 2 aliphatic carbocycles. The summed E-state index contributed by atoms with van der Waals surface area (Å²) < 4.78 is 0. The maximum atomic E-state index is 9.74. The van der Waals surface area contributed by atoms with Crippen molar-refractivity contribution in [2.75, 3.05) is 18.0 Å². The van der Waals surface area contributed by atoms with Gasteiger partial charge in [0.1, 0.15) is 0 Å². The number of hydrogen-bond acceptors (Lipinski definition) is 4. The minimum Gasteiger partial charge on any atom is -0.388 e. The van der Waals surface area contributed by atoms with E-state index < -0.39 is 0 Å². The molecule has 0 spiro atoms. The van der Waals surface area contributed by atoms with Gasteiger partial charge in [-0.1, -0.05) is 11.3 Å². The maximum Gasteiger partial charge on any atom is 0.185 e. The van der Waals surface area contributed by atoms with Crippen molar-refractivity contribution in [1.29, 1.82) is 0 Å². The van der Waals surface area contributed by atoms with E-state index in [4.69, 9.17) is 0 Å². The Morgan fingerprint density at radius 3 is 2.22 bits per heavy atom. The number of rotatable bonds is 6. The Bertz CT molecular complexity index is 407. The van der Waals surface area contributed by atoms with Crippen LogP contribution in [0.2, 0.25) is 0 Å². The van der Waals surface area contributed by atoms with Crippen molar-refractivity contribution in [1.82, 2.24) is 4.98 Å². The summed E-state index contributed by atoms with van der Waals surface area (Å²) in [5, 5.41) is 10.9. The van der Waals surface area contributed by atoms with Gasteiger partial charge in [-0.15, -0.1) is 0 Å². The van der Waals surface area contributed by atoms with Crippen LogP contribution < -0.4 is 4.90 Å². The zero-order valence-electron chi connectivity index (χ0n) is 11.2. The molecule has 1 atom stereocenters. The summed E-state index contributed by atoms with van der Waals surface area (Å²) >= 11 is 1.68. The molecule has 0 aliphatic heterocycles. The molecule has 0 bridgehead atoms. The Morgan fingerprint density at radius 2 is 1.83 bits per heavy atom. The molecule has 100 valence electrons. The van der Waals surface area contributed by atoms with E-state index in [1.165, 1.54) is 38.8 Å². The van der Waals surface area contributed by atoms with E-state index in [0.29, 0.717) is 0 Å². The monoisotopic (exact) mass is 266 g/mol. The lowest BCUT2D eigenvalue weighted by molar-refractivity contribution is 0.202. The highest BCUT2D eigenvalue weighted by atomic mass is 32.1. The van der Waals surface area contributed by atoms with E-state index in [0.717, 1.165) is 27.5 Å². The highest BCUT2D eigenvalue weighted by Crippen LogP contribution is 2.38. The second-order valence-electron chi connectivity index (χ2n) is 5.91. The van der Waals surface area contributed by atoms with Gasteiger partial charge in [-0.2, -0.15) is 0 Å². The molecule has 2 saturated carbocycles. The van der Waals surface area contributed by atoms with E-state index in [-0.39, 0.29) is 6.10 Å². The molecule has 1 aromatic heterocycles. The first-order valence-corrected chi connectivity index (χ1v) is 7.85. The lowest BCUT2D eigenvalue weighted by Gasteiger charge is -2.21. The summed E-state index contributed by atoms with van der Waals surface area (Å²) in [4.78, 5) is 8.18. The quantitative estimate of drug-likeness (QED) is 0.859. The van der Waals surface area contributed by atoms with Crippen molar-refractivity contribution in [3.05, 3.63) is 10.6 Å². The maximum absolute atomic E-state index is 9.74. The van der Waals surface area contributed by atoms with Crippen LogP contribution in [0.3, 0.4) is 0 Å². The molecule has 0 saturated heterocycles. The van der Waals surface area contributed by atoms with Crippen molar-refractivity contribution in [3.63, 3.8) is 0 Å². The molecule has 0 amide bonds. The summed E-state index contributed by atoms with van der Waals surface area (Å²) in [6.45, 7) is 6.18.